The first-order valence-electron chi connectivity index (χ1n) is 3.04. The molecule has 0 spiro atoms. The number of rotatable bonds is 4. The standard InChI is InChI=1S/C6H14O2.HI/c1-4-7-6(3)8-5-2;/h6H,4-5H2,1-3H3;1H. The van der Waals surface area contributed by atoms with Gasteiger partial charge in [-0.3, -0.25) is 0 Å². The lowest BCUT2D eigenvalue weighted by Crippen LogP contribution is -2.11. The molecule has 0 aromatic rings. The zero-order valence-electron chi connectivity index (χ0n) is 6.22. The molecule has 0 saturated carbocycles. The van der Waals surface area contributed by atoms with Crippen LogP contribution in [0.4, 0.5) is 0 Å². The summed E-state index contributed by atoms with van der Waals surface area (Å²) in [6.45, 7) is 7.25. The minimum Gasteiger partial charge on any atom is -0.353 e. The van der Waals surface area contributed by atoms with Gasteiger partial charge in [0.15, 0.2) is 6.29 Å². The fourth-order valence-electron chi connectivity index (χ4n) is 0.518. The highest BCUT2D eigenvalue weighted by Crippen LogP contribution is 1.90. The second kappa shape index (κ2) is 8.65. The van der Waals surface area contributed by atoms with Gasteiger partial charge in [-0.15, -0.1) is 24.0 Å². The molecular weight excluding hydrogens is 231 g/mol. The zero-order valence-corrected chi connectivity index (χ0v) is 8.55. The molecule has 0 rings (SSSR count). The molecule has 0 aliphatic carbocycles. The normalized spacial score (nSPS) is 9.33. The molecule has 0 radical (unpaired) electrons. The topological polar surface area (TPSA) is 18.5 Å². The fourth-order valence-corrected chi connectivity index (χ4v) is 0.518. The van der Waals surface area contributed by atoms with Crippen molar-refractivity contribution >= 4 is 24.0 Å². The monoisotopic (exact) mass is 246 g/mol. The van der Waals surface area contributed by atoms with E-state index in [0.717, 1.165) is 13.2 Å². The van der Waals surface area contributed by atoms with Crippen molar-refractivity contribution < 1.29 is 9.47 Å². The Labute approximate surface area is 73.9 Å². The Bertz CT molecular complexity index is 44.3. The molecule has 0 saturated heterocycles. The minimum absolute atomic E-state index is 0. The van der Waals surface area contributed by atoms with E-state index in [9.17, 15) is 0 Å². The van der Waals surface area contributed by atoms with Gasteiger partial charge in [-0.2, -0.15) is 0 Å². The number of halogens is 1. The van der Waals surface area contributed by atoms with Crippen molar-refractivity contribution in [2.24, 2.45) is 0 Å². The van der Waals surface area contributed by atoms with Crippen LogP contribution in [0, 0.1) is 0 Å². The molecule has 0 fully saturated rings. The lowest BCUT2D eigenvalue weighted by atomic mass is 10.7. The maximum atomic E-state index is 5.06. The van der Waals surface area contributed by atoms with Crippen molar-refractivity contribution in [2.45, 2.75) is 27.1 Å². The van der Waals surface area contributed by atoms with Crippen LogP contribution in [0.2, 0.25) is 0 Å². The summed E-state index contributed by atoms with van der Waals surface area (Å²) in [6, 6.07) is 0. The SMILES string of the molecule is CCOC(C)OCC.I. The van der Waals surface area contributed by atoms with Crippen molar-refractivity contribution in [3.8, 4) is 0 Å². The second-order valence-corrected chi connectivity index (χ2v) is 1.48. The van der Waals surface area contributed by atoms with E-state index in [1.807, 2.05) is 20.8 Å². The smallest absolute Gasteiger partial charge is 0.154 e. The number of ether oxygens (including phenoxy) is 2. The highest BCUT2D eigenvalue weighted by Gasteiger charge is 1.94. The average Bonchev–Trinajstić information content (AvgIpc) is 1.68. The summed E-state index contributed by atoms with van der Waals surface area (Å²) in [4.78, 5) is 0. The Morgan fingerprint density at radius 2 is 1.44 bits per heavy atom. The van der Waals surface area contributed by atoms with Gasteiger partial charge in [0, 0.05) is 13.2 Å². The zero-order chi connectivity index (χ0) is 6.41. The quantitative estimate of drug-likeness (QED) is 0.558. The van der Waals surface area contributed by atoms with E-state index in [1.165, 1.54) is 0 Å². The molecule has 9 heavy (non-hydrogen) atoms. The summed E-state index contributed by atoms with van der Waals surface area (Å²) < 4.78 is 10.1. The van der Waals surface area contributed by atoms with E-state index in [2.05, 4.69) is 0 Å². The van der Waals surface area contributed by atoms with Crippen LogP contribution in [0.25, 0.3) is 0 Å². The molecule has 58 valence electrons. The maximum absolute atomic E-state index is 5.06. The number of hydrogen-bond acceptors (Lipinski definition) is 2. The molecule has 3 heteroatoms. The van der Waals surface area contributed by atoms with E-state index in [1.54, 1.807) is 0 Å². The molecule has 0 bridgehead atoms. The summed E-state index contributed by atoms with van der Waals surface area (Å²) in [5.74, 6) is 0. The van der Waals surface area contributed by atoms with Crippen LogP contribution >= 0.6 is 24.0 Å². The van der Waals surface area contributed by atoms with Crippen molar-refractivity contribution in [2.75, 3.05) is 13.2 Å². The van der Waals surface area contributed by atoms with Gasteiger partial charge in [-0.25, -0.2) is 0 Å². The van der Waals surface area contributed by atoms with E-state index in [4.69, 9.17) is 9.47 Å². The summed E-state index contributed by atoms with van der Waals surface area (Å²) in [5.41, 5.74) is 0. The van der Waals surface area contributed by atoms with Crippen molar-refractivity contribution in [3.63, 3.8) is 0 Å². The highest BCUT2D eigenvalue weighted by atomic mass is 127. The molecule has 0 aliphatic rings. The lowest BCUT2D eigenvalue weighted by molar-refractivity contribution is -0.123. The van der Waals surface area contributed by atoms with Gasteiger partial charge < -0.3 is 9.47 Å². The van der Waals surface area contributed by atoms with Gasteiger partial charge in [0.1, 0.15) is 0 Å². The van der Waals surface area contributed by atoms with Gasteiger partial charge in [0.2, 0.25) is 0 Å². The Morgan fingerprint density at radius 1 is 1.11 bits per heavy atom. The predicted molar refractivity (Wildman–Crippen MR) is 48.1 cm³/mol. The third kappa shape index (κ3) is 8.65. The molecule has 0 N–H and O–H groups in total. The third-order valence-electron chi connectivity index (χ3n) is 0.803. The Kier molecular flexibility index (Phi) is 11.9. The van der Waals surface area contributed by atoms with Gasteiger partial charge in [0.25, 0.3) is 0 Å². The van der Waals surface area contributed by atoms with Gasteiger partial charge in [-0.05, 0) is 20.8 Å². The summed E-state index contributed by atoms with van der Waals surface area (Å²) in [7, 11) is 0. The Balaban J connectivity index is 0. The van der Waals surface area contributed by atoms with E-state index in [0.29, 0.717) is 0 Å². The van der Waals surface area contributed by atoms with E-state index < -0.39 is 0 Å². The van der Waals surface area contributed by atoms with Crippen molar-refractivity contribution in [1.82, 2.24) is 0 Å². The first-order chi connectivity index (χ1) is 3.81. The molecule has 0 aromatic heterocycles. The molecule has 0 aliphatic heterocycles. The molecular formula is C6H15IO2. The van der Waals surface area contributed by atoms with E-state index in [-0.39, 0.29) is 30.3 Å². The molecule has 0 heterocycles. The van der Waals surface area contributed by atoms with Gasteiger partial charge in [0.05, 0.1) is 0 Å². The van der Waals surface area contributed by atoms with Crippen LogP contribution in [0.1, 0.15) is 20.8 Å². The molecule has 0 amide bonds. The van der Waals surface area contributed by atoms with Crippen LogP contribution in [0.3, 0.4) is 0 Å². The maximum Gasteiger partial charge on any atom is 0.154 e. The highest BCUT2D eigenvalue weighted by molar-refractivity contribution is 14.0. The summed E-state index contributed by atoms with van der Waals surface area (Å²) in [6.07, 6.45) is -0.0370. The van der Waals surface area contributed by atoms with Crippen molar-refractivity contribution in [3.05, 3.63) is 0 Å². The minimum atomic E-state index is -0.0370. The van der Waals surface area contributed by atoms with Crippen LogP contribution in [0.5, 0.6) is 0 Å². The number of hydrogen-bond donors (Lipinski definition) is 0. The Hall–Kier alpha value is 0.650. The van der Waals surface area contributed by atoms with Crippen LogP contribution in [-0.2, 0) is 9.47 Å². The van der Waals surface area contributed by atoms with Gasteiger partial charge >= 0.3 is 0 Å². The third-order valence-corrected chi connectivity index (χ3v) is 0.803. The molecule has 0 atom stereocenters. The first-order valence-corrected chi connectivity index (χ1v) is 3.04. The van der Waals surface area contributed by atoms with E-state index >= 15 is 0 Å². The lowest BCUT2D eigenvalue weighted by Gasteiger charge is -2.09. The Morgan fingerprint density at radius 3 is 1.67 bits per heavy atom. The van der Waals surface area contributed by atoms with Crippen LogP contribution in [-0.4, -0.2) is 19.5 Å². The predicted octanol–water partition coefficient (Wildman–Crippen LogP) is 2.02. The van der Waals surface area contributed by atoms with Gasteiger partial charge in [-0.1, -0.05) is 0 Å². The largest absolute Gasteiger partial charge is 0.353 e. The first kappa shape index (κ1) is 12.3. The molecule has 2 nitrogen and oxygen atoms in total. The van der Waals surface area contributed by atoms with Crippen LogP contribution < -0.4 is 0 Å². The van der Waals surface area contributed by atoms with Crippen molar-refractivity contribution in [1.29, 1.82) is 0 Å². The van der Waals surface area contributed by atoms with Crippen LogP contribution in [0.15, 0.2) is 0 Å². The summed E-state index contributed by atoms with van der Waals surface area (Å²) in [5, 5.41) is 0. The molecule has 0 aromatic carbocycles. The molecule has 0 unspecified atom stereocenters. The average molecular weight is 246 g/mol. The second-order valence-electron chi connectivity index (χ2n) is 1.48. The summed E-state index contributed by atoms with van der Waals surface area (Å²) >= 11 is 0. The fraction of sp³-hybridized carbons (Fsp3) is 1.00.